The summed E-state index contributed by atoms with van der Waals surface area (Å²) in [6.07, 6.45) is 9.47. The summed E-state index contributed by atoms with van der Waals surface area (Å²) in [6, 6.07) is 25.4. The van der Waals surface area contributed by atoms with Crippen molar-refractivity contribution in [1.29, 1.82) is 0 Å². The van der Waals surface area contributed by atoms with Crippen LogP contribution >= 0.6 is 0 Å². The molecule has 0 fully saturated rings. The molecule has 0 unspecified atom stereocenters. The Kier molecular flexibility index (Phi) is 8.91. The molecule has 2 amide bonds. The van der Waals surface area contributed by atoms with Gasteiger partial charge in [-0.2, -0.15) is 0 Å². The maximum atomic E-state index is 14.5. The molecular weight excluding hydrogens is 562 g/mol. The summed E-state index contributed by atoms with van der Waals surface area (Å²) in [6.45, 7) is 5.03. The van der Waals surface area contributed by atoms with Crippen molar-refractivity contribution in [1.82, 2.24) is 24.9 Å². The smallest absolute Gasteiger partial charge is 0.247 e. The van der Waals surface area contributed by atoms with Crippen LogP contribution in [0, 0.1) is 13.8 Å². The Morgan fingerprint density at radius 2 is 1.60 bits per heavy atom. The predicted octanol–water partition coefficient (Wildman–Crippen LogP) is 5.99. The van der Waals surface area contributed by atoms with Crippen molar-refractivity contribution in [3.63, 3.8) is 0 Å². The lowest BCUT2D eigenvalue weighted by atomic mass is 9.97. The molecule has 0 aliphatic carbocycles. The SMILES string of the molecule is Cc1noc(C)c1C=CC(=O)N(Cc1ccc(-c2cncnc2)cc1)[C@@H](Cc1ccccc1)C(=O)N1CCc2ccccc2C1. The molecule has 0 saturated heterocycles. The Bertz CT molecular complexity index is 1780. The highest BCUT2D eigenvalue weighted by Gasteiger charge is 2.34. The topological polar surface area (TPSA) is 92.4 Å². The third kappa shape index (κ3) is 6.91. The average molecular weight is 598 g/mol. The van der Waals surface area contributed by atoms with E-state index in [1.54, 1.807) is 23.4 Å². The maximum Gasteiger partial charge on any atom is 0.247 e. The van der Waals surface area contributed by atoms with E-state index in [4.69, 9.17) is 4.52 Å². The lowest BCUT2D eigenvalue weighted by Crippen LogP contribution is -2.52. The largest absolute Gasteiger partial charge is 0.361 e. The normalized spacial score (nSPS) is 13.4. The molecule has 0 spiro atoms. The Balaban J connectivity index is 1.35. The molecule has 8 nitrogen and oxygen atoms in total. The molecule has 0 bridgehead atoms. The second kappa shape index (κ2) is 13.5. The minimum atomic E-state index is -0.721. The predicted molar refractivity (Wildman–Crippen MR) is 173 cm³/mol. The van der Waals surface area contributed by atoms with E-state index in [9.17, 15) is 9.59 Å². The average Bonchev–Trinajstić information content (AvgIpc) is 3.41. The lowest BCUT2D eigenvalue weighted by Gasteiger charge is -2.37. The summed E-state index contributed by atoms with van der Waals surface area (Å²) in [4.78, 5) is 40.5. The molecule has 1 aliphatic heterocycles. The van der Waals surface area contributed by atoms with E-state index >= 15 is 0 Å². The van der Waals surface area contributed by atoms with Crippen molar-refractivity contribution >= 4 is 17.9 Å². The van der Waals surface area contributed by atoms with Gasteiger partial charge in [0.05, 0.1) is 5.69 Å². The molecule has 3 aromatic carbocycles. The molecule has 0 N–H and O–H groups in total. The second-order valence-corrected chi connectivity index (χ2v) is 11.3. The van der Waals surface area contributed by atoms with Gasteiger partial charge in [0, 0.05) is 55.7 Å². The van der Waals surface area contributed by atoms with Gasteiger partial charge < -0.3 is 14.3 Å². The zero-order chi connectivity index (χ0) is 31.2. The number of nitrogens with zero attached hydrogens (tertiary/aromatic N) is 5. The number of carbonyl (C=O) groups is 2. The minimum Gasteiger partial charge on any atom is -0.361 e. The second-order valence-electron chi connectivity index (χ2n) is 11.3. The van der Waals surface area contributed by atoms with Crippen molar-refractivity contribution in [2.75, 3.05) is 6.54 Å². The van der Waals surface area contributed by atoms with Gasteiger partial charge >= 0.3 is 0 Å². The molecule has 8 heteroatoms. The molecule has 1 aliphatic rings. The number of aromatic nitrogens is 3. The fraction of sp³-hybridized carbons (Fsp3) is 0.216. The zero-order valence-electron chi connectivity index (χ0n) is 25.5. The number of aryl methyl sites for hydroxylation is 2. The van der Waals surface area contributed by atoms with Gasteiger partial charge in [0.25, 0.3) is 0 Å². The van der Waals surface area contributed by atoms with Crippen LogP contribution in [0.2, 0.25) is 0 Å². The van der Waals surface area contributed by atoms with Crippen molar-refractivity contribution < 1.29 is 14.1 Å². The van der Waals surface area contributed by atoms with Crippen LogP contribution in [0.5, 0.6) is 0 Å². The fourth-order valence-corrected chi connectivity index (χ4v) is 5.83. The summed E-state index contributed by atoms with van der Waals surface area (Å²) in [5, 5.41) is 4.02. The number of rotatable bonds is 9. The highest BCUT2D eigenvalue weighted by atomic mass is 16.5. The van der Waals surface area contributed by atoms with Gasteiger partial charge in [0.2, 0.25) is 11.8 Å². The van der Waals surface area contributed by atoms with Gasteiger partial charge in [-0.15, -0.1) is 0 Å². The van der Waals surface area contributed by atoms with Gasteiger partial charge in [-0.05, 0) is 54.2 Å². The van der Waals surface area contributed by atoms with Crippen LogP contribution in [-0.2, 0) is 35.5 Å². The first kappa shape index (κ1) is 29.7. The maximum absolute atomic E-state index is 14.5. The Morgan fingerprint density at radius 1 is 0.889 bits per heavy atom. The van der Waals surface area contributed by atoms with Crippen LogP contribution in [0.3, 0.4) is 0 Å². The molecule has 1 atom stereocenters. The summed E-state index contributed by atoms with van der Waals surface area (Å²) < 4.78 is 5.31. The molecule has 226 valence electrons. The number of fused-ring (bicyclic) bond motifs is 1. The van der Waals surface area contributed by atoms with Gasteiger partial charge in [-0.3, -0.25) is 9.59 Å². The van der Waals surface area contributed by atoms with Gasteiger partial charge in [-0.25, -0.2) is 9.97 Å². The summed E-state index contributed by atoms with van der Waals surface area (Å²) in [5.74, 6) is 0.306. The molecule has 0 radical (unpaired) electrons. The first-order chi connectivity index (χ1) is 22.0. The fourth-order valence-electron chi connectivity index (χ4n) is 5.83. The van der Waals surface area contributed by atoms with Crippen LogP contribution < -0.4 is 0 Å². The molecule has 6 rings (SSSR count). The summed E-state index contributed by atoms with van der Waals surface area (Å²) in [7, 11) is 0. The van der Waals surface area contributed by atoms with E-state index in [0.29, 0.717) is 31.0 Å². The lowest BCUT2D eigenvalue weighted by molar-refractivity contribution is -0.144. The van der Waals surface area contributed by atoms with E-state index in [0.717, 1.165) is 39.8 Å². The van der Waals surface area contributed by atoms with E-state index in [-0.39, 0.29) is 18.4 Å². The number of carbonyl (C=O) groups excluding carboxylic acids is 2. The highest BCUT2D eigenvalue weighted by molar-refractivity contribution is 5.96. The van der Waals surface area contributed by atoms with Gasteiger partial charge in [0.1, 0.15) is 18.1 Å². The molecule has 2 aromatic heterocycles. The highest BCUT2D eigenvalue weighted by Crippen LogP contribution is 2.24. The zero-order valence-corrected chi connectivity index (χ0v) is 25.5. The third-order valence-electron chi connectivity index (χ3n) is 8.34. The molecule has 5 aromatic rings. The Morgan fingerprint density at radius 3 is 2.31 bits per heavy atom. The Labute approximate surface area is 263 Å². The molecule has 3 heterocycles. The van der Waals surface area contributed by atoms with Crippen LogP contribution in [0.4, 0.5) is 0 Å². The third-order valence-corrected chi connectivity index (χ3v) is 8.34. The first-order valence-electron chi connectivity index (χ1n) is 15.1. The molecule has 45 heavy (non-hydrogen) atoms. The van der Waals surface area contributed by atoms with E-state index in [1.165, 1.54) is 18.0 Å². The molecular formula is C37H35N5O3. The van der Waals surface area contributed by atoms with Crippen molar-refractivity contribution in [2.24, 2.45) is 0 Å². The first-order valence-corrected chi connectivity index (χ1v) is 15.1. The Hall–Kier alpha value is -5.37. The van der Waals surface area contributed by atoms with E-state index in [2.05, 4.69) is 27.3 Å². The summed E-state index contributed by atoms with van der Waals surface area (Å²) >= 11 is 0. The van der Waals surface area contributed by atoms with Crippen LogP contribution in [0.25, 0.3) is 17.2 Å². The van der Waals surface area contributed by atoms with Crippen molar-refractivity contribution in [3.8, 4) is 11.1 Å². The standard InChI is InChI=1S/C37H35N5O3/c1-26-34(27(2)45-40-26)16-17-36(43)42(23-29-12-14-31(15-13-29)33-21-38-25-39-22-33)35(20-28-8-4-3-5-9-28)37(44)41-19-18-30-10-6-7-11-32(30)24-41/h3-17,21-22,25,35H,18-20,23-24H2,1-2H3/t35-/m0/s1. The quantitative estimate of drug-likeness (QED) is 0.194. The van der Waals surface area contributed by atoms with Crippen LogP contribution in [0.15, 0.2) is 108 Å². The minimum absolute atomic E-state index is 0.0644. The van der Waals surface area contributed by atoms with Gasteiger partial charge in [0.15, 0.2) is 0 Å². The van der Waals surface area contributed by atoms with Crippen LogP contribution in [0.1, 0.15) is 39.3 Å². The molecule has 0 saturated carbocycles. The van der Waals surface area contributed by atoms with Crippen molar-refractivity contribution in [3.05, 3.63) is 143 Å². The van der Waals surface area contributed by atoms with Gasteiger partial charge in [-0.1, -0.05) is 84.0 Å². The van der Waals surface area contributed by atoms with Crippen LogP contribution in [-0.4, -0.2) is 49.3 Å². The number of amides is 2. The number of benzene rings is 3. The number of hydrogen-bond donors (Lipinski definition) is 0. The van der Waals surface area contributed by atoms with E-state index < -0.39 is 6.04 Å². The monoisotopic (exact) mass is 597 g/mol. The number of hydrogen-bond acceptors (Lipinski definition) is 6. The van der Waals surface area contributed by atoms with E-state index in [1.807, 2.05) is 85.5 Å². The van der Waals surface area contributed by atoms with Crippen molar-refractivity contribution in [2.45, 2.75) is 45.8 Å². The summed E-state index contributed by atoms with van der Waals surface area (Å²) in [5.41, 5.74) is 7.64.